The number of aliphatic hydroxyl groups is 4. The molecule has 0 bridgehead atoms. The summed E-state index contributed by atoms with van der Waals surface area (Å²) in [7, 11) is -4.89. The summed E-state index contributed by atoms with van der Waals surface area (Å²) in [4.78, 5) is 56.9. The topological polar surface area (TPSA) is 305 Å². The smallest absolute Gasteiger partial charge is 0.756 e. The molecule has 0 aromatic heterocycles. The van der Waals surface area contributed by atoms with Gasteiger partial charge >= 0.3 is 35.2 Å². The van der Waals surface area contributed by atoms with Gasteiger partial charge in [0.2, 0.25) is 0 Å². The molecule has 35 heavy (non-hydrogen) atoms. The number of fused-ring (bicyclic) bond motifs is 2. The standard InChI is InChI=1S/C17H20N4O6.Na.H3O4P.2H2O/c1-7-3-9-10(4-8(7)2)21(5-11(23)14(25)12(24)6-22)15-13(18-9)16(26)20-17(27)19-15;;1-5(2,3)4;;/h3-4,11-12,14,22-25H,5-6H2,1-2H3,(H,20,26,27);;(H3,1,2,3,4);2*1H2/q;+1;;;/p-1/t11-,12+,14-;;;;/m0..../s1. The van der Waals surface area contributed by atoms with Crippen molar-refractivity contribution in [2.45, 2.75) is 38.7 Å². The van der Waals surface area contributed by atoms with Gasteiger partial charge in [0.1, 0.15) is 18.3 Å². The largest absolute Gasteiger partial charge is 1.00 e. The van der Waals surface area contributed by atoms with Gasteiger partial charge in [-0.05, 0) is 37.1 Å². The van der Waals surface area contributed by atoms with E-state index in [0.29, 0.717) is 11.0 Å². The molecule has 2 aliphatic rings. The SMILES string of the molecule is Cc1cc2nc3c(=O)[nH]c(=O)nc-3n(C[C@H](O)[C@H](O)[C@H](O)CO)c2cc1C.O.O.O=P([O-])(O)O.[Na+]. The number of hydrogen-bond acceptors (Lipinski definition) is 10. The van der Waals surface area contributed by atoms with Crippen molar-refractivity contribution >= 4 is 18.9 Å². The molecule has 0 saturated heterocycles. The van der Waals surface area contributed by atoms with Crippen LogP contribution in [0.1, 0.15) is 11.1 Å². The van der Waals surface area contributed by atoms with Gasteiger partial charge in [-0.15, -0.1) is 0 Å². The van der Waals surface area contributed by atoms with Crippen LogP contribution in [0, 0.1) is 13.8 Å². The average molecular weight is 532 g/mol. The van der Waals surface area contributed by atoms with Crippen molar-refractivity contribution in [2.75, 3.05) is 6.61 Å². The van der Waals surface area contributed by atoms with Gasteiger partial charge in [-0.25, -0.2) is 9.78 Å². The van der Waals surface area contributed by atoms with Crippen molar-refractivity contribution in [3.8, 4) is 11.5 Å². The summed E-state index contributed by atoms with van der Waals surface area (Å²) in [5.74, 6) is -0.0516. The molecule has 0 saturated carbocycles. The fraction of sp³-hybridized carbons (Fsp3) is 0.412. The minimum Gasteiger partial charge on any atom is -0.756 e. The van der Waals surface area contributed by atoms with Gasteiger partial charge in [-0.2, -0.15) is 4.98 Å². The zero-order valence-corrected chi connectivity index (χ0v) is 21.8. The first kappa shape index (κ1) is 35.5. The molecule has 1 aromatic rings. The van der Waals surface area contributed by atoms with E-state index in [9.17, 15) is 24.9 Å². The molecule has 18 heteroatoms. The van der Waals surface area contributed by atoms with Crippen LogP contribution in [0.2, 0.25) is 0 Å². The van der Waals surface area contributed by atoms with Gasteiger partial charge < -0.3 is 50.6 Å². The number of aryl methyl sites for hydroxylation is 2. The number of aromatic nitrogens is 4. The summed E-state index contributed by atoms with van der Waals surface area (Å²) >= 11 is 0. The zero-order valence-electron chi connectivity index (χ0n) is 18.9. The molecule has 2 aliphatic heterocycles. The quantitative estimate of drug-likeness (QED) is 0.0915. The second-order valence-electron chi connectivity index (χ2n) is 6.99. The number of H-pyrrole nitrogens is 1. The van der Waals surface area contributed by atoms with Crippen molar-refractivity contribution in [1.82, 2.24) is 19.5 Å². The van der Waals surface area contributed by atoms with E-state index in [1.54, 1.807) is 12.1 Å². The molecule has 3 atom stereocenters. The third-order valence-electron chi connectivity index (χ3n) is 4.57. The van der Waals surface area contributed by atoms with E-state index in [4.69, 9.17) is 24.4 Å². The molecule has 11 N–H and O–H groups in total. The predicted octanol–water partition coefficient (Wildman–Crippen LogP) is -7.93. The molecule has 0 spiro atoms. The van der Waals surface area contributed by atoms with E-state index in [0.717, 1.165) is 11.1 Å². The van der Waals surface area contributed by atoms with Crippen molar-refractivity contribution in [1.29, 1.82) is 0 Å². The van der Waals surface area contributed by atoms with E-state index < -0.39 is 44.0 Å². The maximum Gasteiger partial charge on any atom is 1.00 e. The van der Waals surface area contributed by atoms with E-state index in [2.05, 4.69) is 15.0 Å². The summed E-state index contributed by atoms with van der Waals surface area (Å²) in [6.07, 6.45) is -4.68. The van der Waals surface area contributed by atoms with Crippen LogP contribution in [0.5, 0.6) is 0 Å². The van der Waals surface area contributed by atoms with Gasteiger partial charge in [0, 0.05) is 0 Å². The van der Waals surface area contributed by atoms with Crippen molar-refractivity contribution < 1.29 is 80.2 Å². The Morgan fingerprint density at radius 3 is 2.09 bits per heavy atom. The number of rotatable bonds is 5. The zero-order chi connectivity index (χ0) is 24.4. The van der Waals surface area contributed by atoms with Crippen LogP contribution in [-0.2, 0) is 11.1 Å². The maximum absolute atomic E-state index is 12.2. The summed E-state index contributed by atoms with van der Waals surface area (Å²) in [5.41, 5.74) is 1.11. The Morgan fingerprint density at radius 2 is 1.57 bits per heavy atom. The molecule has 0 amide bonds. The maximum atomic E-state index is 12.2. The third kappa shape index (κ3) is 9.40. The summed E-state index contributed by atoms with van der Waals surface area (Å²) in [6.45, 7) is 2.73. The molecule has 192 valence electrons. The molecule has 1 aromatic carbocycles. The Balaban J connectivity index is 0. The van der Waals surface area contributed by atoms with Crippen LogP contribution in [0.25, 0.3) is 22.6 Å². The Hall–Kier alpha value is -1.63. The Kier molecular flexibility index (Phi) is 14.4. The number of hydrogen-bond donors (Lipinski definition) is 7. The van der Waals surface area contributed by atoms with Gasteiger partial charge in [0.25, 0.3) is 13.4 Å². The van der Waals surface area contributed by atoms with E-state index in [1.165, 1.54) is 4.57 Å². The molecule has 0 aliphatic carbocycles. The Morgan fingerprint density at radius 1 is 1.06 bits per heavy atom. The number of benzene rings is 1. The number of nitrogens with one attached hydrogen (secondary N) is 1. The van der Waals surface area contributed by atoms with Crippen LogP contribution in [-0.4, -0.2) is 85.6 Å². The fourth-order valence-corrected chi connectivity index (χ4v) is 2.89. The molecular weight excluding hydrogens is 506 g/mol. The molecule has 16 nitrogen and oxygen atoms in total. The van der Waals surface area contributed by atoms with Gasteiger partial charge in [-0.1, -0.05) is 0 Å². The Labute approximate surface area is 219 Å². The van der Waals surface area contributed by atoms with E-state index >= 15 is 0 Å². The summed E-state index contributed by atoms with van der Waals surface area (Å²) < 4.78 is 10.2. The molecule has 0 radical (unpaired) electrons. The first-order valence-electron chi connectivity index (χ1n) is 9.06. The van der Waals surface area contributed by atoms with Gasteiger partial charge in [-0.3, -0.25) is 14.3 Å². The average Bonchev–Trinajstić information content (AvgIpc) is 2.67. The van der Waals surface area contributed by atoms with Crippen molar-refractivity contribution in [2.24, 2.45) is 0 Å². The van der Waals surface area contributed by atoms with Crippen LogP contribution >= 0.6 is 7.82 Å². The number of aliphatic hydroxyl groups excluding tert-OH is 4. The molecule has 3 rings (SSSR count). The van der Waals surface area contributed by atoms with Crippen LogP contribution in [0.15, 0.2) is 21.7 Å². The summed E-state index contributed by atoms with van der Waals surface area (Å²) in [6, 6.07) is 3.53. The van der Waals surface area contributed by atoms with Gasteiger partial charge in [0.05, 0.1) is 24.2 Å². The third-order valence-corrected chi connectivity index (χ3v) is 4.57. The first-order valence-corrected chi connectivity index (χ1v) is 10.6. The second-order valence-corrected chi connectivity index (χ2v) is 7.97. The number of phosphoric acid groups is 1. The first-order chi connectivity index (χ1) is 14.7. The summed E-state index contributed by atoms with van der Waals surface area (Å²) in [5, 5.41) is 38.8. The van der Waals surface area contributed by atoms with Crippen LogP contribution in [0.4, 0.5) is 0 Å². The van der Waals surface area contributed by atoms with Crippen LogP contribution in [0.3, 0.4) is 0 Å². The second kappa shape index (κ2) is 14.2. The molecule has 2 heterocycles. The monoisotopic (exact) mass is 532 g/mol. The molecule has 0 fully saturated rings. The predicted molar refractivity (Wildman–Crippen MR) is 115 cm³/mol. The number of nitrogens with zero attached hydrogens (tertiary/aromatic N) is 3. The Bertz CT molecular complexity index is 1240. The normalized spacial score (nSPS) is 13.4. The van der Waals surface area contributed by atoms with E-state index in [-0.39, 0.29) is 58.6 Å². The van der Waals surface area contributed by atoms with Crippen molar-refractivity contribution in [3.05, 3.63) is 44.1 Å². The minimum atomic E-state index is -4.89. The molecular formula is C17H26N4NaO12P. The van der Waals surface area contributed by atoms with Gasteiger partial charge in [0.15, 0.2) is 11.5 Å². The number of aromatic amines is 1. The van der Waals surface area contributed by atoms with E-state index in [1.807, 2.05) is 13.8 Å². The minimum absolute atomic E-state index is 0. The fourth-order valence-electron chi connectivity index (χ4n) is 2.89. The molecule has 0 unspecified atom stereocenters. The van der Waals surface area contributed by atoms with Crippen LogP contribution < -0.4 is 45.7 Å². The van der Waals surface area contributed by atoms with Crippen molar-refractivity contribution in [3.63, 3.8) is 0 Å².